The Kier molecular flexibility index (Phi) is 7.28. The first-order valence-corrected chi connectivity index (χ1v) is 10.1. The van der Waals surface area contributed by atoms with Gasteiger partial charge in [0, 0.05) is 28.3 Å². The molecule has 0 unspecified atom stereocenters. The molecule has 0 atom stereocenters. The average molecular weight is 458 g/mol. The van der Waals surface area contributed by atoms with Crippen LogP contribution in [0.1, 0.15) is 13.8 Å². The topological polar surface area (TPSA) is 92.0 Å². The molecule has 0 fully saturated rings. The summed E-state index contributed by atoms with van der Waals surface area (Å²) in [5.41, 5.74) is 1.72. The molecular weight excluding hydrogens is 436 g/mol. The van der Waals surface area contributed by atoms with Crippen LogP contribution in [0.25, 0.3) is 22.6 Å². The molecule has 0 aliphatic heterocycles. The number of carbonyl (C=O) groups excluding carboxylic acids is 3. The van der Waals surface area contributed by atoms with E-state index in [1.165, 1.54) is 26.0 Å². The van der Waals surface area contributed by atoms with Crippen LogP contribution in [0.4, 0.5) is 0 Å². The maximum Gasteiger partial charge on any atom is 0.338 e. The van der Waals surface area contributed by atoms with Crippen LogP contribution in [-0.4, -0.2) is 17.9 Å². The summed E-state index contributed by atoms with van der Waals surface area (Å²) in [7, 11) is 0. The van der Waals surface area contributed by atoms with Crippen LogP contribution in [0.2, 0.25) is 0 Å². The molecule has 0 radical (unpaired) electrons. The zero-order valence-corrected chi connectivity index (χ0v) is 18.8. The molecule has 3 rings (SSSR count). The molecule has 2 aromatic carbocycles. The summed E-state index contributed by atoms with van der Waals surface area (Å²) in [4.78, 5) is 35.4. The molecule has 0 spiro atoms. The normalized spacial score (nSPS) is 10.2. The summed E-state index contributed by atoms with van der Waals surface area (Å²) in [6.45, 7) is 13.5. The molecule has 0 bridgehead atoms. The first kappa shape index (κ1) is 24.0. The van der Waals surface area contributed by atoms with Crippen molar-refractivity contribution in [1.82, 2.24) is 0 Å². The second-order valence-corrected chi connectivity index (χ2v) is 7.31. The molecule has 34 heavy (non-hydrogen) atoms. The second-order valence-electron chi connectivity index (χ2n) is 7.31. The third kappa shape index (κ3) is 5.77. The van der Waals surface area contributed by atoms with Gasteiger partial charge in [-0.3, -0.25) is 0 Å². The fourth-order valence-electron chi connectivity index (χ4n) is 2.69. The Labute approximate surface area is 196 Å². The number of hydrogen-bond acceptors (Lipinski definition) is 7. The summed E-state index contributed by atoms with van der Waals surface area (Å²) in [5, 5.41) is 0. The lowest BCUT2D eigenvalue weighted by atomic mass is 10.1. The van der Waals surface area contributed by atoms with Gasteiger partial charge in [0.05, 0.1) is 0 Å². The minimum Gasteiger partial charge on any atom is -0.456 e. The van der Waals surface area contributed by atoms with E-state index in [1.54, 1.807) is 42.5 Å². The number of carbonyl (C=O) groups is 3. The Hall–Kier alpha value is -4.65. The quantitative estimate of drug-likeness (QED) is 0.244. The molecule has 7 heteroatoms. The van der Waals surface area contributed by atoms with Gasteiger partial charge in [-0.15, -0.1) is 0 Å². The molecule has 0 aliphatic rings. The van der Waals surface area contributed by atoms with Gasteiger partial charge in [0.15, 0.2) is 11.5 Å². The molecular formula is C27H22O7. The van der Waals surface area contributed by atoms with E-state index in [9.17, 15) is 14.4 Å². The monoisotopic (exact) mass is 458 g/mol. The Morgan fingerprint density at radius 1 is 0.735 bits per heavy atom. The van der Waals surface area contributed by atoms with Crippen LogP contribution >= 0.6 is 0 Å². The molecule has 7 nitrogen and oxygen atoms in total. The number of rotatable bonds is 8. The second kappa shape index (κ2) is 10.3. The number of hydrogen-bond donors (Lipinski definition) is 0. The van der Waals surface area contributed by atoms with E-state index in [0.29, 0.717) is 22.8 Å². The van der Waals surface area contributed by atoms with Crippen LogP contribution in [0.5, 0.6) is 17.2 Å². The number of esters is 3. The highest BCUT2D eigenvalue weighted by molar-refractivity contribution is 5.91. The molecule has 0 N–H and O–H groups in total. The van der Waals surface area contributed by atoms with E-state index in [2.05, 4.69) is 19.7 Å². The van der Waals surface area contributed by atoms with E-state index in [4.69, 9.17) is 18.6 Å². The summed E-state index contributed by atoms with van der Waals surface area (Å²) >= 11 is 0. The SMILES string of the molecule is C=CC(=O)Oc1ccc(-c2ccc(-c3ccc(OC(=O)C(=C)C)c(OC(=O)C(=C)C)c3)o2)cc1. The van der Waals surface area contributed by atoms with Crippen LogP contribution in [0, 0.1) is 0 Å². The number of ether oxygens (including phenoxy) is 3. The van der Waals surface area contributed by atoms with Gasteiger partial charge in [-0.25, -0.2) is 14.4 Å². The largest absolute Gasteiger partial charge is 0.456 e. The molecule has 0 aliphatic carbocycles. The molecule has 0 saturated heterocycles. The summed E-state index contributed by atoms with van der Waals surface area (Å²) in [6, 6.07) is 15.0. The fourth-order valence-corrected chi connectivity index (χ4v) is 2.69. The van der Waals surface area contributed by atoms with Crippen LogP contribution in [-0.2, 0) is 14.4 Å². The Morgan fingerprint density at radius 3 is 1.82 bits per heavy atom. The van der Waals surface area contributed by atoms with Crippen LogP contribution in [0.15, 0.2) is 96.0 Å². The van der Waals surface area contributed by atoms with Gasteiger partial charge in [0.1, 0.15) is 17.3 Å². The van der Waals surface area contributed by atoms with Gasteiger partial charge in [-0.1, -0.05) is 19.7 Å². The lowest BCUT2D eigenvalue weighted by molar-refractivity contribution is -0.132. The Bertz CT molecular complexity index is 1290. The molecule has 0 saturated carbocycles. The lowest BCUT2D eigenvalue weighted by Gasteiger charge is -2.12. The summed E-state index contributed by atoms with van der Waals surface area (Å²) in [5.74, 6) is -0.338. The van der Waals surface area contributed by atoms with Gasteiger partial charge in [0.25, 0.3) is 0 Å². The highest BCUT2D eigenvalue weighted by Gasteiger charge is 2.17. The Balaban J connectivity index is 1.89. The van der Waals surface area contributed by atoms with Crippen LogP contribution < -0.4 is 14.2 Å². The molecule has 172 valence electrons. The van der Waals surface area contributed by atoms with Crippen molar-refractivity contribution in [1.29, 1.82) is 0 Å². The number of benzene rings is 2. The van der Waals surface area contributed by atoms with E-state index in [-0.39, 0.29) is 22.6 Å². The first-order valence-electron chi connectivity index (χ1n) is 10.1. The van der Waals surface area contributed by atoms with Gasteiger partial charge in [0.2, 0.25) is 0 Å². The zero-order valence-electron chi connectivity index (χ0n) is 18.8. The standard InChI is InChI=1S/C27H22O7/c1-6-25(28)31-20-10-7-18(8-11-20)21-13-14-22(32-21)19-9-12-23(33-26(29)16(2)3)24(15-19)34-27(30)17(4)5/h6-15H,1-2,4H2,3,5H3. The fraction of sp³-hybridized carbons (Fsp3) is 0.0741. The van der Waals surface area contributed by atoms with Crippen molar-refractivity contribution in [3.05, 3.63) is 91.6 Å². The van der Waals surface area contributed by atoms with Crippen LogP contribution in [0.3, 0.4) is 0 Å². The molecule has 0 amide bonds. The van der Waals surface area contributed by atoms with E-state index in [1.807, 2.05) is 0 Å². The zero-order chi connectivity index (χ0) is 24.8. The highest BCUT2D eigenvalue weighted by atomic mass is 16.6. The number of furan rings is 1. The van der Waals surface area contributed by atoms with Crippen molar-refractivity contribution in [2.24, 2.45) is 0 Å². The molecule has 1 aromatic heterocycles. The molecule has 3 aromatic rings. The lowest BCUT2D eigenvalue weighted by Crippen LogP contribution is -2.12. The summed E-state index contributed by atoms with van der Waals surface area (Å²) in [6.07, 6.45) is 1.08. The van der Waals surface area contributed by atoms with Gasteiger partial charge in [-0.2, -0.15) is 0 Å². The van der Waals surface area contributed by atoms with Crippen molar-refractivity contribution in [2.45, 2.75) is 13.8 Å². The minimum atomic E-state index is -0.665. The van der Waals surface area contributed by atoms with Gasteiger partial charge in [-0.05, 0) is 68.4 Å². The maximum atomic E-state index is 12.1. The predicted molar refractivity (Wildman–Crippen MR) is 126 cm³/mol. The van der Waals surface area contributed by atoms with Crippen molar-refractivity contribution < 1.29 is 33.0 Å². The highest BCUT2D eigenvalue weighted by Crippen LogP contribution is 2.36. The smallest absolute Gasteiger partial charge is 0.338 e. The van der Waals surface area contributed by atoms with Gasteiger partial charge < -0.3 is 18.6 Å². The van der Waals surface area contributed by atoms with Crippen molar-refractivity contribution in [2.75, 3.05) is 0 Å². The molecule has 1 heterocycles. The third-order valence-corrected chi connectivity index (χ3v) is 4.46. The average Bonchev–Trinajstić information content (AvgIpc) is 3.30. The predicted octanol–water partition coefficient (Wildman–Crippen LogP) is 5.67. The van der Waals surface area contributed by atoms with Crippen molar-refractivity contribution in [3.63, 3.8) is 0 Å². The summed E-state index contributed by atoms with van der Waals surface area (Å²) < 4.78 is 21.7. The first-order chi connectivity index (χ1) is 16.2. The van der Waals surface area contributed by atoms with Gasteiger partial charge >= 0.3 is 17.9 Å². The van der Waals surface area contributed by atoms with E-state index in [0.717, 1.165) is 11.6 Å². The Morgan fingerprint density at radius 2 is 1.26 bits per heavy atom. The maximum absolute atomic E-state index is 12.1. The van der Waals surface area contributed by atoms with E-state index < -0.39 is 17.9 Å². The minimum absolute atomic E-state index is 0.0337. The van der Waals surface area contributed by atoms with E-state index >= 15 is 0 Å². The van der Waals surface area contributed by atoms with Crippen molar-refractivity contribution in [3.8, 4) is 39.9 Å². The van der Waals surface area contributed by atoms with Crippen molar-refractivity contribution >= 4 is 17.9 Å². The third-order valence-electron chi connectivity index (χ3n) is 4.46.